The molecular weight excluding hydrogens is 251 g/mol. The van der Waals surface area contributed by atoms with Crippen molar-refractivity contribution in [3.63, 3.8) is 0 Å². The number of hydrogen-bond acceptors (Lipinski definition) is 2. The Morgan fingerprint density at radius 1 is 1.06 bits per heavy atom. The molecule has 0 N–H and O–H groups in total. The summed E-state index contributed by atoms with van der Waals surface area (Å²) in [7, 11) is 0. The van der Waals surface area contributed by atoms with Crippen LogP contribution in [0.3, 0.4) is 0 Å². The fourth-order valence-electron chi connectivity index (χ4n) is 1.42. The van der Waals surface area contributed by atoms with Gasteiger partial charge in [0.15, 0.2) is 0 Å². The Balaban J connectivity index is 1.98. The third-order valence-electron chi connectivity index (χ3n) is 2.27. The maximum Gasteiger partial charge on any atom is 0.123 e. The number of thioether (sulfide) groups is 1. The zero-order chi connectivity index (χ0) is 12.1. The lowest BCUT2D eigenvalue weighted by atomic mass is 10.2. The molecule has 0 heterocycles. The summed E-state index contributed by atoms with van der Waals surface area (Å²) < 4.78 is 13.8. The standard InChI is InChI=1S/C14H11FS2/c15-13-8-4-7-12(9-13)14(16)17-10-11-5-2-1-3-6-11/h1-9H,10H2. The van der Waals surface area contributed by atoms with Crippen LogP contribution in [0.4, 0.5) is 4.39 Å². The molecule has 2 aromatic rings. The summed E-state index contributed by atoms with van der Waals surface area (Å²) in [4.78, 5) is 0. The Morgan fingerprint density at radius 2 is 1.82 bits per heavy atom. The van der Waals surface area contributed by atoms with E-state index in [9.17, 15) is 4.39 Å². The molecule has 0 aliphatic heterocycles. The Labute approximate surface area is 110 Å². The molecule has 0 aliphatic rings. The second-order valence-electron chi connectivity index (χ2n) is 3.57. The Morgan fingerprint density at radius 3 is 2.53 bits per heavy atom. The molecule has 0 aliphatic carbocycles. The molecule has 0 radical (unpaired) electrons. The number of hydrogen-bond donors (Lipinski definition) is 0. The van der Waals surface area contributed by atoms with Crippen molar-refractivity contribution in [2.24, 2.45) is 0 Å². The van der Waals surface area contributed by atoms with E-state index in [4.69, 9.17) is 12.2 Å². The van der Waals surface area contributed by atoms with Gasteiger partial charge in [-0.2, -0.15) is 0 Å². The molecule has 2 rings (SSSR count). The lowest BCUT2D eigenvalue weighted by Crippen LogP contribution is -1.93. The number of thiocarbonyl (C=S) groups is 1. The molecule has 0 amide bonds. The monoisotopic (exact) mass is 262 g/mol. The van der Waals surface area contributed by atoms with Crippen LogP contribution in [-0.4, -0.2) is 4.20 Å². The van der Waals surface area contributed by atoms with Crippen molar-refractivity contribution in [1.29, 1.82) is 0 Å². The average molecular weight is 262 g/mol. The first-order chi connectivity index (χ1) is 8.25. The van der Waals surface area contributed by atoms with Crippen LogP contribution in [0.2, 0.25) is 0 Å². The van der Waals surface area contributed by atoms with E-state index in [1.165, 1.54) is 17.7 Å². The fourth-order valence-corrected chi connectivity index (χ4v) is 2.51. The van der Waals surface area contributed by atoms with E-state index < -0.39 is 0 Å². The molecule has 2 aromatic carbocycles. The van der Waals surface area contributed by atoms with Gasteiger partial charge >= 0.3 is 0 Å². The van der Waals surface area contributed by atoms with E-state index in [-0.39, 0.29) is 5.82 Å². The third-order valence-corrected chi connectivity index (χ3v) is 3.84. The van der Waals surface area contributed by atoms with Crippen LogP contribution in [0, 0.1) is 5.82 Å². The molecule has 0 unspecified atom stereocenters. The zero-order valence-corrected chi connectivity index (χ0v) is 10.7. The highest BCUT2D eigenvalue weighted by molar-refractivity contribution is 8.23. The molecule has 0 fully saturated rings. The van der Waals surface area contributed by atoms with Gasteiger partial charge in [0.05, 0.1) is 4.20 Å². The molecule has 0 saturated carbocycles. The molecule has 0 saturated heterocycles. The van der Waals surface area contributed by atoms with E-state index in [0.717, 1.165) is 15.5 Å². The predicted molar refractivity (Wildman–Crippen MR) is 75.8 cm³/mol. The molecule has 0 atom stereocenters. The molecule has 17 heavy (non-hydrogen) atoms. The van der Waals surface area contributed by atoms with Gasteiger partial charge in [0.25, 0.3) is 0 Å². The van der Waals surface area contributed by atoms with Gasteiger partial charge in [-0.3, -0.25) is 0 Å². The molecule has 0 bridgehead atoms. The van der Waals surface area contributed by atoms with Gasteiger partial charge in [-0.15, -0.1) is 11.8 Å². The Bertz CT molecular complexity index is 509. The smallest absolute Gasteiger partial charge is 0.123 e. The van der Waals surface area contributed by atoms with Crippen LogP contribution in [0.25, 0.3) is 0 Å². The highest BCUT2D eigenvalue weighted by Gasteiger charge is 2.03. The van der Waals surface area contributed by atoms with E-state index in [2.05, 4.69) is 12.1 Å². The first-order valence-corrected chi connectivity index (χ1v) is 6.62. The molecule has 0 aromatic heterocycles. The van der Waals surface area contributed by atoms with Crippen molar-refractivity contribution < 1.29 is 4.39 Å². The molecular formula is C14H11FS2. The average Bonchev–Trinajstić information content (AvgIpc) is 2.37. The van der Waals surface area contributed by atoms with Gasteiger partial charge < -0.3 is 0 Å². The SMILES string of the molecule is Fc1cccc(C(=S)SCc2ccccc2)c1. The van der Waals surface area contributed by atoms with Crippen molar-refractivity contribution in [2.75, 3.05) is 0 Å². The minimum atomic E-state index is -0.245. The summed E-state index contributed by atoms with van der Waals surface area (Å²) in [5.74, 6) is 0.570. The Hall–Kier alpha value is -1.19. The van der Waals surface area contributed by atoms with Crippen LogP contribution in [-0.2, 0) is 5.75 Å². The van der Waals surface area contributed by atoms with Crippen molar-refractivity contribution in [3.8, 4) is 0 Å². The van der Waals surface area contributed by atoms with Gasteiger partial charge in [-0.25, -0.2) is 4.39 Å². The summed E-state index contributed by atoms with van der Waals surface area (Å²) in [6.45, 7) is 0. The summed E-state index contributed by atoms with van der Waals surface area (Å²) in [5.41, 5.74) is 2.00. The minimum Gasteiger partial charge on any atom is -0.207 e. The minimum absolute atomic E-state index is 0.245. The van der Waals surface area contributed by atoms with Gasteiger partial charge in [0.1, 0.15) is 5.82 Å². The van der Waals surface area contributed by atoms with Crippen LogP contribution in [0.1, 0.15) is 11.1 Å². The lowest BCUT2D eigenvalue weighted by Gasteiger charge is -2.04. The summed E-state index contributed by atoms with van der Waals surface area (Å²) in [6, 6.07) is 16.5. The zero-order valence-electron chi connectivity index (χ0n) is 9.10. The third kappa shape index (κ3) is 3.65. The normalized spacial score (nSPS) is 10.2. The van der Waals surface area contributed by atoms with Crippen molar-refractivity contribution >= 4 is 28.2 Å². The summed E-state index contributed by atoms with van der Waals surface area (Å²) >= 11 is 6.83. The van der Waals surface area contributed by atoms with E-state index in [1.807, 2.05) is 24.3 Å². The van der Waals surface area contributed by atoms with Crippen molar-refractivity contribution in [3.05, 3.63) is 71.5 Å². The largest absolute Gasteiger partial charge is 0.207 e. The molecule has 0 nitrogen and oxygen atoms in total. The highest BCUT2D eigenvalue weighted by atomic mass is 32.2. The van der Waals surface area contributed by atoms with Crippen LogP contribution >= 0.6 is 24.0 Å². The Kier molecular flexibility index (Phi) is 4.29. The maximum atomic E-state index is 13.0. The van der Waals surface area contributed by atoms with E-state index in [0.29, 0.717) is 0 Å². The maximum absolute atomic E-state index is 13.0. The van der Waals surface area contributed by atoms with E-state index >= 15 is 0 Å². The molecule has 86 valence electrons. The second kappa shape index (κ2) is 5.94. The molecule has 0 spiro atoms. The summed E-state index contributed by atoms with van der Waals surface area (Å²) in [5, 5.41) is 0. The first kappa shape index (κ1) is 12.3. The van der Waals surface area contributed by atoms with Crippen LogP contribution in [0.5, 0.6) is 0 Å². The first-order valence-electron chi connectivity index (χ1n) is 5.22. The predicted octanol–water partition coefficient (Wildman–Crippen LogP) is 4.43. The fraction of sp³-hybridized carbons (Fsp3) is 0.0714. The van der Waals surface area contributed by atoms with Crippen LogP contribution < -0.4 is 0 Å². The molecule has 3 heteroatoms. The topological polar surface area (TPSA) is 0 Å². The van der Waals surface area contributed by atoms with Gasteiger partial charge in [-0.1, -0.05) is 54.7 Å². The summed E-state index contributed by atoms with van der Waals surface area (Å²) in [6.07, 6.45) is 0. The quantitative estimate of drug-likeness (QED) is 0.750. The van der Waals surface area contributed by atoms with Gasteiger partial charge in [0.2, 0.25) is 0 Å². The number of benzene rings is 2. The lowest BCUT2D eigenvalue weighted by molar-refractivity contribution is 0.627. The highest BCUT2D eigenvalue weighted by Crippen LogP contribution is 2.19. The number of halogens is 1. The van der Waals surface area contributed by atoms with E-state index in [1.54, 1.807) is 17.8 Å². The number of rotatable bonds is 3. The van der Waals surface area contributed by atoms with Gasteiger partial charge in [-0.05, 0) is 17.7 Å². The van der Waals surface area contributed by atoms with Crippen molar-refractivity contribution in [1.82, 2.24) is 0 Å². The van der Waals surface area contributed by atoms with Gasteiger partial charge in [0, 0.05) is 11.3 Å². The van der Waals surface area contributed by atoms with Crippen LogP contribution in [0.15, 0.2) is 54.6 Å². The second-order valence-corrected chi connectivity index (χ2v) is 5.22. The van der Waals surface area contributed by atoms with Crippen molar-refractivity contribution in [2.45, 2.75) is 5.75 Å².